The first-order chi connectivity index (χ1) is 13.7. The first-order valence-corrected chi connectivity index (χ1v) is 10.2. The van der Waals surface area contributed by atoms with Crippen molar-refractivity contribution < 1.29 is 0 Å². The van der Waals surface area contributed by atoms with Gasteiger partial charge in [-0.1, -0.05) is 12.6 Å². The lowest BCUT2D eigenvalue weighted by atomic mass is 9.90. The Balaban J connectivity index is 1.70. The van der Waals surface area contributed by atoms with Gasteiger partial charge in [-0.3, -0.25) is 4.98 Å². The molecule has 1 saturated carbocycles. The third-order valence-corrected chi connectivity index (χ3v) is 5.88. The van der Waals surface area contributed by atoms with Crippen LogP contribution in [0.15, 0.2) is 37.2 Å². The molecule has 5 nitrogen and oxygen atoms in total. The maximum Gasteiger partial charge on any atom is 0.137 e. The Kier molecular flexibility index (Phi) is 5.29. The minimum Gasteiger partial charge on any atom is -0.370 e. The average Bonchev–Trinajstić information content (AvgIpc) is 3.21. The summed E-state index contributed by atoms with van der Waals surface area (Å²) in [5, 5.41) is 9.56. The second-order valence-electron chi connectivity index (χ2n) is 7.89. The zero-order valence-corrected chi connectivity index (χ0v) is 16.6. The Morgan fingerprint density at radius 2 is 2.00 bits per heavy atom. The van der Waals surface area contributed by atoms with Gasteiger partial charge in [0.15, 0.2) is 0 Å². The average molecular weight is 374 g/mol. The normalized spacial score (nSPS) is 16.5. The second-order valence-corrected chi connectivity index (χ2v) is 7.89. The Hall–Kier alpha value is -2.87. The van der Waals surface area contributed by atoms with Crippen LogP contribution < -0.4 is 9.80 Å². The predicted molar refractivity (Wildman–Crippen MR) is 113 cm³/mol. The molecule has 0 N–H and O–H groups in total. The third kappa shape index (κ3) is 3.73. The molecule has 1 saturated heterocycles. The quantitative estimate of drug-likeness (QED) is 0.699. The molecule has 2 aliphatic rings. The van der Waals surface area contributed by atoms with Crippen LogP contribution in [-0.2, 0) is 6.54 Å². The molecule has 3 heterocycles. The van der Waals surface area contributed by atoms with Crippen LogP contribution in [0.25, 0.3) is 5.57 Å². The first kappa shape index (κ1) is 18.5. The van der Waals surface area contributed by atoms with Crippen molar-refractivity contribution in [1.29, 1.82) is 5.26 Å². The van der Waals surface area contributed by atoms with E-state index in [4.69, 9.17) is 4.98 Å². The van der Waals surface area contributed by atoms with Crippen LogP contribution in [0.1, 0.15) is 48.9 Å². The molecule has 1 aliphatic heterocycles. The summed E-state index contributed by atoms with van der Waals surface area (Å²) in [6.07, 6.45) is 9.84. The molecule has 0 unspecified atom stereocenters. The zero-order valence-electron chi connectivity index (χ0n) is 16.6. The number of nitrogens with zero attached hydrogens (tertiary/aromatic N) is 5. The van der Waals surface area contributed by atoms with E-state index in [0.717, 1.165) is 54.3 Å². The number of aromatic nitrogens is 2. The molecule has 2 fully saturated rings. The molecule has 0 radical (unpaired) electrons. The van der Waals surface area contributed by atoms with Crippen molar-refractivity contribution in [2.45, 2.75) is 51.6 Å². The summed E-state index contributed by atoms with van der Waals surface area (Å²) >= 11 is 0. The predicted octanol–water partition coefficient (Wildman–Crippen LogP) is 4.48. The van der Waals surface area contributed by atoms with Gasteiger partial charge in [-0.2, -0.15) is 5.26 Å². The molecule has 0 bridgehead atoms. The highest BCUT2D eigenvalue weighted by atomic mass is 15.2. The van der Waals surface area contributed by atoms with Gasteiger partial charge >= 0.3 is 0 Å². The van der Waals surface area contributed by atoms with E-state index in [0.29, 0.717) is 18.2 Å². The minimum atomic E-state index is 0.443. The van der Waals surface area contributed by atoms with Gasteiger partial charge in [0, 0.05) is 30.9 Å². The van der Waals surface area contributed by atoms with Gasteiger partial charge in [0.25, 0.3) is 0 Å². The lowest BCUT2D eigenvalue weighted by molar-refractivity contribution is 0.381. The monoisotopic (exact) mass is 373 g/mol. The number of hydrogen-bond donors (Lipinski definition) is 0. The summed E-state index contributed by atoms with van der Waals surface area (Å²) in [5.74, 6) is 0.863. The van der Waals surface area contributed by atoms with Crippen molar-refractivity contribution in [3.05, 3.63) is 54.0 Å². The molecule has 0 aromatic carbocycles. The van der Waals surface area contributed by atoms with Gasteiger partial charge in [0.05, 0.1) is 35.8 Å². The Bertz CT molecular complexity index is 886. The van der Waals surface area contributed by atoms with Crippen molar-refractivity contribution in [2.24, 2.45) is 0 Å². The highest BCUT2D eigenvalue weighted by molar-refractivity contribution is 5.83. The summed E-state index contributed by atoms with van der Waals surface area (Å²) in [4.78, 5) is 14.1. The van der Waals surface area contributed by atoms with Gasteiger partial charge in [-0.25, -0.2) is 4.98 Å². The lowest BCUT2D eigenvalue weighted by Gasteiger charge is -2.39. The third-order valence-electron chi connectivity index (χ3n) is 5.88. The molecule has 28 heavy (non-hydrogen) atoms. The van der Waals surface area contributed by atoms with Gasteiger partial charge < -0.3 is 9.80 Å². The molecular formula is C23H27N5. The van der Waals surface area contributed by atoms with Crippen LogP contribution in [0.5, 0.6) is 0 Å². The maximum absolute atomic E-state index is 9.56. The largest absolute Gasteiger partial charge is 0.370 e. The Morgan fingerprint density at radius 1 is 1.21 bits per heavy atom. The van der Waals surface area contributed by atoms with Crippen LogP contribution in [0.4, 0.5) is 11.5 Å². The molecular weight excluding hydrogens is 346 g/mol. The van der Waals surface area contributed by atoms with Crippen molar-refractivity contribution in [3.8, 4) is 6.07 Å². The SMILES string of the molecule is C=C(C#N)c1cc(N2CCCC2)cnc1N(Cc1ccc(C)cn1)C1CCC1. The molecule has 0 atom stereocenters. The molecule has 144 valence electrons. The van der Waals surface area contributed by atoms with Crippen LogP contribution in [0.3, 0.4) is 0 Å². The first-order valence-electron chi connectivity index (χ1n) is 10.2. The van der Waals surface area contributed by atoms with Crippen LogP contribution in [0.2, 0.25) is 0 Å². The van der Waals surface area contributed by atoms with Gasteiger partial charge in [-0.15, -0.1) is 0 Å². The van der Waals surface area contributed by atoms with Gasteiger partial charge in [-0.05, 0) is 56.7 Å². The maximum atomic E-state index is 9.56. The highest BCUT2D eigenvalue weighted by Crippen LogP contribution is 2.36. The summed E-state index contributed by atoms with van der Waals surface area (Å²) in [6.45, 7) is 8.87. The number of aryl methyl sites for hydroxylation is 1. The number of anilines is 2. The molecule has 0 amide bonds. The minimum absolute atomic E-state index is 0.443. The number of allylic oxidation sites excluding steroid dienone is 1. The van der Waals surface area contributed by atoms with E-state index in [1.54, 1.807) is 0 Å². The molecule has 2 aromatic heterocycles. The van der Waals surface area contributed by atoms with E-state index in [9.17, 15) is 5.26 Å². The molecule has 2 aromatic rings. The van der Waals surface area contributed by atoms with E-state index in [-0.39, 0.29) is 0 Å². The van der Waals surface area contributed by atoms with E-state index >= 15 is 0 Å². The molecule has 0 spiro atoms. The van der Waals surface area contributed by atoms with Gasteiger partial charge in [0.2, 0.25) is 0 Å². The summed E-state index contributed by atoms with van der Waals surface area (Å²) in [5.41, 5.74) is 4.60. The van der Waals surface area contributed by atoms with Crippen molar-refractivity contribution >= 4 is 17.1 Å². The van der Waals surface area contributed by atoms with Crippen LogP contribution in [-0.4, -0.2) is 29.1 Å². The summed E-state index contributed by atoms with van der Waals surface area (Å²) < 4.78 is 0. The van der Waals surface area contributed by atoms with E-state index in [2.05, 4.69) is 45.6 Å². The van der Waals surface area contributed by atoms with E-state index < -0.39 is 0 Å². The lowest BCUT2D eigenvalue weighted by Crippen LogP contribution is -2.41. The highest BCUT2D eigenvalue weighted by Gasteiger charge is 2.29. The Morgan fingerprint density at radius 3 is 2.61 bits per heavy atom. The second kappa shape index (κ2) is 8.02. The fraction of sp³-hybridized carbons (Fsp3) is 0.435. The summed E-state index contributed by atoms with van der Waals surface area (Å²) in [7, 11) is 0. The van der Waals surface area contributed by atoms with Crippen LogP contribution >= 0.6 is 0 Å². The Labute approximate surface area is 167 Å². The number of pyridine rings is 2. The van der Waals surface area contributed by atoms with Crippen LogP contribution in [0, 0.1) is 18.3 Å². The van der Waals surface area contributed by atoms with Gasteiger partial charge in [0.1, 0.15) is 5.82 Å². The molecule has 4 rings (SSSR count). The summed E-state index contributed by atoms with van der Waals surface area (Å²) in [6, 6.07) is 8.97. The smallest absolute Gasteiger partial charge is 0.137 e. The van der Waals surface area contributed by atoms with Crippen molar-refractivity contribution in [3.63, 3.8) is 0 Å². The van der Waals surface area contributed by atoms with Crippen molar-refractivity contribution in [2.75, 3.05) is 22.9 Å². The zero-order chi connectivity index (χ0) is 19.5. The van der Waals surface area contributed by atoms with Crippen molar-refractivity contribution in [1.82, 2.24) is 9.97 Å². The topological polar surface area (TPSA) is 56.1 Å². The molecule has 1 aliphatic carbocycles. The fourth-order valence-corrected chi connectivity index (χ4v) is 3.95. The fourth-order valence-electron chi connectivity index (χ4n) is 3.95. The standard InChI is InChI=1S/C23H27N5/c1-17-8-9-19(25-14-17)16-28(20-6-5-7-20)23-22(18(2)13-24)12-21(15-26-23)27-10-3-4-11-27/h8-9,12,14-15,20H,2-7,10-11,16H2,1H3. The number of nitriles is 1. The number of rotatable bonds is 6. The number of hydrogen-bond acceptors (Lipinski definition) is 5. The molecule has 5 heteroatoms. The van der Waals surface area contributed by atoms with E-state index in [1.807, 2.05) is 19.3 Å². The van der Waals surface area contributed by atoms with E-state index in [1.165, 1.54) is 19.3 Å².